The maximum Gasteiger partial charge on any atom is 0.155 e. The van der Waals surface area contributed by atoms with Gasteiger partial charge < -0.3 is 15.3 Å². The second kappa shape index (κ2) is 6.15. The van der Waals surface area contributed by atoms with E-state index in [2.05, 4.69) is 13.8 Å². The fourth-order valence-electron chi connectivity index (χ4n) is 8.79. The molecule has 4 nitrogen and oxygen atoms in total. The summed E-state index contributed by atoms with van der Waals surface area (Å²) in [6, 6.07) is 0. The Morgan fingerprint density at radius 1 is 1.04 bits per heavy atom. The first-order valence-electron chi connectivity index (χ1n) is 11.5. The van der Waals surface area contributed by atoms with Crippen LogP contribution < -0.4 is 0 Å². The molecule has 0 radical (unpaired) electrons. The molecule has 4 fully saturated rings. The van der Waals surface area contributed by atoms with Crippen LogP contribution in [0.15, 0.2) is 11.6 Å². The third kappa shape index (κ3) is 2.37. The topological polar surface area (TPSA) is 77.8 Å². The van der Waals surface area contributed by atoms with Gasteiger partial charge in [0.2, 0.25) is 0 Å². The summed E-state index contributed by atoms with van der Waals surface area (Å²) >= 11 is 0. The molecule has 0 heterocycles. The summed E-state index contributed by atoms with van der Waals surface area (Å²) in [7, 11) is 0. The fraction of sp³-hybridized carbons (Fsp3) is 0.875. The van der Waals surface area contributed by atoms with Gasteiger partial charge in [-0.05, 0) is 93.0 Å². The second-order valence-electron chi connectivity index (χ2n) is 11.2. The molecule has 0 aromatic carbocycles. The highest BCUT2D eigenvalue weighted by atomic mass is 16.3. The van der Waals surface area contributed by atoms with Crippen molar-refractivity contribution in [2.24, 2.45) is 34.5 Å². The molecule has 0 amide bonds. The van der Waals surface area contributed by atoms with Crippen molar-refractivity contribution in [3.8, 4) is 0 Å². The normalized spacial score (nSPS) is 56.0. The summed E-state index contributed by atoms with van der Waals surface area (Å²) < 4.78 is 0. The second-order valence-corrected chi connectivity index (χ2v) is 11.2. The van der Waals surface area contributed by atoms with E-state index in [1.807, 2.05) is 6.08 Å². The number of allylic oxidation sites excluding steroid dienone is 2. The molecule has 5 rings (SSSR count). The quantitative estimate of drug-likeness (QED) is 0.643. The van der Waals surface area contributed by atoms with E-state index in [4.69, 9.17) is 0 Å². The standard InChI is InChI=1S/C24H36O4/c1-22-9-7-17(26)12-15(22)4-6-19-21(22)20(27)13-23(2)18(8-10-24(19,23)28)14-3-5-16(25)11-14/h11,15,17-21,26-28H,3-10,12-13H2,1-2H3/t15-,17+,18-,19-,20-,21-,22+,23-,24+/m1/s1. The highest BCUT2D eigenvalue weighted by Crippen LogP contribution is 2.70. The zero-order valence-corrected chi connectivity index (χ0v) is 17.4. The van der Waals surface area contributed by atoms with E-state index in [-0.39, 0.29) is 40.5 Å². The van der Waals surface area contributed by atoms with Crippen LogP contribution in [0.1, 0.15) is 78.1 Å². The molecule has 0 aromatic heterocycles. The van der Waals surface area contributed by atoms with Gasteiger partial charge in [0, 0.05) is 11.8 Å². The first kappa shape index (κ1) is 19.3. The summed E-state index contributed by atoms with van der Waals surface area (Å²) in [5, 5.41) is 33.8. The SMILES string of the molecule is C[C@]12CC[C@H](O)C[C@H]1CC[C@@H]1[C@@H]2[C@H](O)C[C@]2(C)[C@@H](C3=CC(=O)CC3)CC[C@]12O. The molecule has 0 aromatic rings. The Kier molecular flexibility index (Phi) is 4.23. The molecule has 4 saturated carbocycles. The lowest BCUT2D eigenvalue weighted by atomic mass is 9.42. The molecule has 3 N–H and O–H groups in total. The van der Waals surface area contributed by atoms with Crippen molar-refractivity contribution in [1.82, 2.24) is 0 Å². The van der Waals surface area contributed by atoms with Crippen molar-refractivity contribution in [3.05, 3.63) is 11.6 Å². The minimum absolute atomic E-state index is 0.0132. The third-order valence-corrected chi connectivity index (χ3v) is 10.2. The van der Waals surface area contributed by atoms with Gasteiger partial charge in [-0.3, -0.25) is 4.79 Å². The number of rotatable bonds is 1. The van der Waals surface area contributed by atoms with Crippen LogP contribution in [-0.4, -0.2) is 38.9 Å². The maximum atomic E-state index is 12.2. The number of carbonyl (C=O) groups excluding carboxylic acids is 1. The molecule has 0 saturated heterocycles. The smallest absolute Gasteiger partial charge is 0.155 e. The Morgan fingerprint density at radius 2 is 1.82 bits per heavy atom. The Hall–Kier alpha value is -0.710. The number of fused-ring (bicyclic) bond motifs is 5. The fourth-order valence-corrected chi connectivity index (χ4v) is 8.79. The van der Waals surface area contributed by atoms with E-state index in [9.17, 15) is 20.1 Å². The summed E-state index contributed by atoms with van der Waals surface area (Å²) in [5.74, 6) is 1.14. The van der Waals surface area contributed by atoms with Gasteiger partial charge in [-0.15, -0.1) is 0 Å². The monoisotopic (exact) mass is 388 g/mol. The van der Waals surface area contributed by atoms with Gasteiger partial charge in [0.15, 0.2) is 5.78 Å². The molecule has 5 aliphatic rings. The lowest BCUT2D eigenvalue weighted by Crippen LogP contribution is -2.66. The molecule has 5 aliphatic carbocycles. The lowest BCUT2D eigenvalue weighted by Gasteiger charge is -2.65. The zero-order valence-electron chi connectivity index (χ0n) is 17.4. The van der Waals surface area contributed by atoms with E-state index in [0.29, 0.717) is 18.8 Å². The van der Waals surface area contributed by atoms with Crippen LogP contribution in [-0.2, 0) is 4.79 Å². The van der Waals surface area contributed by atoms with Crippen molar-refractivity contribution in [3.63, 3.8) is 0 Å². The predicted octanol–water partition coefficient (Wildman–Crippen LogP) is 3.38. The third-order valence-electron chi connectivity index (χ3n) is 10.2. The molecular formula is C24H36O4. The first-order valence-corrected chi connectivity index (χ1v) is 11.5. The minimum atomic E-state index is -0.752. The Morgan fingerprint density at radius 3 is 2.54 bits per heavy atom. The molecule has 0 aliphatic heterocycles. The number of aliphatic hydroxyl groups excluding tert-OH is 2. The van der Waals surface area contributed by atoms with Gasteiger partial charge in [0.25, 0.3) is 0 Å². The number of ketones is 1. The predicted molar refractivity (Wildman–Crippen MR) is 106 cm³/mol. The minimum Gasteiger partial charge on any atom is -0.393 e. The molecule has 4 heteroatoms. The number of aliphatic hydroxyl groups is 3. The van der Waals surface area contributed by atoms with Crippen molar-refractivity contribution >= 4 is 5.78 Å². The summed E-state index contributed by atoms with van der Waals surface area (Å²) in [4.78, 5) is 11.9. The van der Waals surface area contributed by atoms with E-state index in [1.165, 1.54) is 5.57 Å². The largest absolute Gasteiger partial charge is 0.393 e. The van der Waals surface area contributed by atoms with Crippen LogP contribution in [0.4, 0.5) is 0 Å². The van der Waals surface area contributed by atoms with Gasteiger partial charge in [-0.25, -0.2) is 0 Å². The maximum absolute atomic E-state index is 12.2. The van der Waals surface area contributed by atoms with Gasteiger partial charge in [0.05, 0.1) is 17.8 Å². The lowest BCUT2D eigenvalue weighted by molar-refractivity contribution is -0.242. The molecule has 156 valence electrons. The summed E-state index contributed by atoms with van der Waals surface area (Å²) in [6.07, 6.45) is 9.63. The van der Waals surface area contributed by atoms with Crippen molar-refractivity contribution < 1.29 is 20.1 Å². The Bertz CT molecular complexity index is 715. The van der Waals surface area contributed by atoms with Crippen LogP contribution in [0, 0.1) is 34.5 Å². The van der Waals surface area contributed by atoms with Crippen LogP contribution >= 0.6 is 0 Å². The Balaban J connectivity index is 1.51. The summed E-state index contributed by atoms with van der Waals surface area (Å²) in [6.45, 7) is 4.51. The van der Waals surface area contributed by atoms with Gasteiger partial charge in [-0.1, -0.05) is 19.4 Å². The highest BCUT2D eigenvalue weighted by Gasteiger charge is 2.69. The van der Waals surface area contributed by atoms with E-state index in [1.54, 1.807) is 0 Å². The van der Waals surface area contributed by atoms with Crippen molar-refractivity contribution in [1.29, 1.82) is 0 Å². The van der Waals surface area contributed by atoms with E-state index >= 15 is 0 Å². The summed E-state index contributed by atoms with van der Waals surface area (Å²) in [5.41, 5.74) is 0.133. The first-order chi connectivity index (χ1) is 13.2. The average Bonchev–Trinajstić information content (AvgIpc) is 3.16. The number of hydrogen-bond acceptors (Lipinski definition) is 4. The molecule has 0 bridgehead atoms. The van der Waals surface area contributed by atoms with Crippen LogP contribution in [0.3, 0.4) is 0 Å². The molecule has 28 heavy (non-hydrogen) atoms. The van der Waals surface area contributed by atoms with Gasteiger partial charge >= 0.3 is 0 Å². The van der Waals surface area contributed by atoms with Gasteiger partial charge in [-0.2, -0.15) is 0 Å². The Labute approximate surface area is 168 Å². The molecule has 0 spiro atoms. The van der Waals surface area contributed by atoms with E-state index < -0.39 is 11.7 Å². The van der Waals surface area contributed by atoms with Crippen LogP contribution in [0.2, 0.25) is 0 Å². The number of hydrogen-bond donors (Lipinski definition) is 3. The van der Waals surface area contributed by atoms with Crippen molar-refractivity contribution in [2.45, 2.75) is 95.9 Å². The molecule has 9 atom stereocenters. The van der Waals surface area contributed by atoms with E-state index in [0.717, 1.165) is 51.4 Å². The van der Waals surface area contributed by atoms with Crippen molar-refractivity contribution in [2.75, 3.05) is 0 Å². The van der Waals surface area contributed by atoms with Gasteiger partial charge in [0.1, 0.15) is 0 Å². The molecular weight excluding hydrogens is 352 g/mol. The average molecular weight is 389 g/mol. The van der Waals surface area contributed by atoms with Crippen LogP contribution in [0.25, 0.3) is 0 Å². The zero-order chi connectivity index (χ0) is 19.9. The highest BCUT2D eigenvalue weighted by molar-refractivity contribution is 5.93. The number of carbonyl (C=O) groups is 1. The van der Waals surface area contributed by atoms with Crippen LogP contribution in [0.5, 0.6) is 0 Å². The molecule has 0 unspecified atom stereocenters.